The number of hydrogen-bond donors (Lipinski definition) is 2. The van der Waals surface area contributed by atoms with Crippen molar-refractivity contribution in [3.63, 3.8) is 0 Å². The predicted octanol–water partition coefficient (Wildman–Crippen LogP) is 1.94. The molecule has 0 amide bonds. The second-order valence-electron chi connectivity index (χ2n) is 5.02. The van der Waals surface area contributed by atoms with Gasteiger partial charge in [-0.25, -0.2) is 0 Å². The zero-order valence-corrected chi connectivity index (χ0v) is 12.8. The summed E-state index contributed by atoms with van der Waals surface area (Å²) >= 11 is 5.99. The van der Waals surface area contributed by atoms with Crippen LogP contribution in [0.3, 0.4) is 0 Å². The zero-order valence-electron chi connectivity index (χ0n) is 12.0. The Balaban J connectivity index is 2.15. The number of nitrogens with one attached hydrogen (secondary N) is 1. The zero-order chi connectivity index (χ0) is 14.5. The molecule has 1 aromatic heterocycles. The second kappa shape index (κ2) is 7.04. The molecule has 2 rings (SSSR count). The molecule has 2 N–H and O–H groups in total. The third-order valence-corrected chi connectivity index (χ3v) is 4.02. The SMILES string of the molecule is CCN(CC)c1nc(Cl)nc(NC2CCCC2CO)n1. The van der Waals surface area contributed by atoms with Gasteiger partial charge in [0.1, 0.15) is 0 Å². The van der Waals surface area contributed by atoms with Crippen LogP contribution < -0.4 is 10.2 Å². The Bertz CT molecular complexity index is 441. The first-order chi connectivity index (χ1) is 9.67. The topological polar surface area (TPSA) is 74.2 Å². The molecule has 1 fully saturated rings. The maximum atomic E-state index is 9.36. The molecule has 0 bridgehead atoms. The highest BCUT2D eigenvalue weighted by atomic mass is 35.5. The molecule has 0 radical (unpaired) electrons. The highest BCUT2D eigenvalue weighted by molar-refractivity contribution is 6.28. The largest absolute Gasteiger partial charge is 0.396 e. The molecule has 0 saturated heterocycles. The molecule has 1 saturated carbocycles. The van der Waals surface area contributed by atoms with Crippen LogP contribution in [0, 0.1) is 5.92 Å². The molecule has 2 atom stereocenters. The van der Waals surface area contributed by atoms with Crippen molar-refractivity contribution >= 4 is 23.5 Å². The monoisotopic (exact) mass is 299 g/mol. The first-order valence-corrected chi connectivity index (χ1v) is 7.59. The van der Waals surface area contributed by atoms with E-state index in [9.17, 15) is 5.11 Å². The van der Waals surface area contributed by atoms with E-state index >= 15 is 0 Å². The number of hydrogen-bond acceptors (Lipinski definition) is 6. The van der Waals surface area contributed by atoms with Gasteiger partial charge >= 0.3 is 0 Å². The summed E-state index contributed by atoms with van der Waals surface area (Å²) in [4.78, 5) is 14.8. The molecule has 6 nitrogen and oxygen atoms in total. The first-order valence-electron chi connectivity index (χ1n) is 7.21. The average Bonchev–Trinajstić information content (AvgIpc) is 2.86. The lowest BCUT2D eigenvalue weighted by atomic mass is 10.1. The van der Waals surface area contributed by atoms with Gasteiger partial charge in [-0.2, -0.15) is 15.0 Å². The molecule has 0 spiro atoms. The fourth-order valence-electron chi connectivity index (χ4n) is 2.66. The van der Waals surface area contributed by atoms with Crippen molar-refractivity contribution in [2.45, 2.75) is 39.2 Å². The molecule has 20 heavy (non-hydrogen) atoms. The van der Waals surface area contributed by atoms with Crippen LogP contribution in [0.1, 0.15) is 33.1 Å². The molecule has 0 aliphatic heterocycles. The number of halogens is 1. The first kappa shape index (κ1) is 15.3. The lowest BCUT2D eigenvalue weighted by Gasteiger charge is -2.21. The van der Waals surface area contributed by atoms with Crippen molar-refractivity contribution in [3.05, 3.63) is 5.28 Å². The minimum Gasteiger partial charge on any atom is -0.396 e. The minimum absolute atomic E-state index is 0.194. The van der Waals surface area contributed by atoms with Gasteiger partial charge in [0.25, 0.3) is 0 Å². The van der Waals surface area contributed by atoms with Crippen molar-refractivity contribution in [1.82, 2.24) is 15.0 Å². The number of rotatable bonds is 6. The third kappa shape index (κ3) is 3.49. The van der Waals surface area contributed by atoms with E-state index < -0.39 is 0 Å². The lowest BCUT2D eigenvalue weighted by Crippen LogP contribution is -2.29. The Kier molecular flexibility index (Phi) is 5.37. The summed E-state index contributed by atoms with van der Waals surface area (Å²) in [5.74, 6) is 1.36. The maximum absolute atomic E-state index is 9.36. The van der Waals surface area contributed by atoms with Gasteiger partial charge in [0.2, 0.25) is 17.2 Å². The van der Waals surface area contributed by atoms with Crippen LogP contribution in [0.15, 0.2) is 0 Å². The predicted molar refractivity (Wildman–Crippen MR) is 80.2 cm³/mol. The van der Waals surface area contributed by atoms with E-state index in [1.54, 1.807) is 0 Å². The van der Waals surface area contributed by atoms with Crippen LogP contribution in [-0.2, 0) is 0 Å². The molecular weight excluding hydrogens is 278 g/mol. The van der Waals surface area contributed by atoms with Crippen molar-refractivity contribution in [3.8, 4) is 0 Å². The van der Waals surface area contributed by atoms with Gasteiger partial charge < -0.3 is 15.3 Å². The highest BCUT2D eigenvalue weighted by Crippen LogP contribution is 2.27. The fraction of sp³-hybridized carbons (Fsp3) is 0.769. The summed E-state index contributed by atoms with van der Waals surface area (Å²) in [5, 5.41) is 12.9. The molecule has 7 heteroatoms. The van der Waals surface area contributed by atoms with Crippen LogP contribution >= 0.6 is 11.6 Å². The van der Waals surface area contributed by atoms with E-state index in [-0.39, 0.29) is 23.9 Å². The van der Waals surface area contributed by atoms with Crippen LogP contribution in [-0.4, -0.2) is 45.8 Å². The Morgan fingerprint density at radius 3 is 2.65 bits per heavy atom. The summed E-state index contributed by atoms with van der Waals surface area (Å²) in [6.07, 6.45) is 3.18. The van der Waals surface area contributed by atoms with E-state index in [1.807, 2.05) is 18.7 Å². The number of nitrogens with zero attached hydrogens (tertiary/aromatic N) is 4. The van der Waals surface area contributed by atoms with Crippen molar-refractivity contribution in [2.75, 3.05) is 29.9 Å². The fourth-order valence-corrected chi connectivity index (χ4v) is 2.82. The maximum Gasteiger partial charge on any atom is 0.231 e. The van der Waals surface area contributed by atoms with Gasteiger partial charge in [0.05, 0.1) is 0 Å². The molecule has 2 unspecified atom stereocenters. The third-order valence-electron chi connectivity index (χ3n) is 3.85. The second-order valence-corrected chi connectivity index (χ2v) is 5.36. The molecule has 1 aliphatic rings. The summed E-state index contributed by atoms with van der Waals surface area (Å²) in [6, 6.07) is 0.211. The summed E-state index contributed by atoms with van der Waals surface area (Å²) < 4.78 is 0. The standard InChI is InChI=1S/C13H22ClN5O/c1-3-19(4-2)13-17-11(14)16-12(18-13)15-10-7-5-6-9(10)8-20/h9-10,20H,3-8H2,1-2H3,(H,15,16,17,18). The van der Waals surface area contributed by atoms with Gasteiger partial charge in [0, 0.05) is 31.7 Å². The smallest absolute Gasteiger partial charge is 0.231 e. The van der Waals surface area contributed by atoms with Gasteiger partial charge in [-0.15, -0.1) is 0 Å². The molecule has 1 heterocycles. The molecule has 1 aliphatic carbocycles. The minimum atomic E-state index is 0.194. The number of anilines is 2. The van der Waals surface area contributed by atoms with E-state index in [4.69, 9.17) is 11.6 Å². The Morgan fingerprint density at radius 2 is 2.00 bits per heavy atom. The number of aliphatic hydroxyl groups excluding tert-OH is 1. The average molecular weight is 300 g/mol. The van der Waals surface area contributed by atoms with Gasteiger partial charge in [-0.05, 0) is 38.3 Å². The molecular formula is C13H22ClN5O. The van der Waals surface area contributed by atoms with E-state index in [2.05, 4.69) is 20.3 Å². The van der Waals surface area contributed by atoms with Gasteiger partial charge in [0.15, 0.2) is 0 Å². The summed E-state index contributed by atoms with van der Waals surface area (Å²) in [5.41, 5.74) is 0. The van der Waals surface area contributed by atoms with E-state index in [0.717, 1.165) is 32.4 Å². The molecule has 1 aromatic rings. The number of aromatic nitrogens is 3. The Labute approximate surface area is 124 Å². The normalized spacial score (nSPS) is 22.0. The van der Waals surface area contributed by atoms with E-state index in [0.29, 0.717) is 11.9 Å². The van der Waals surface area contributed by atoms with Crippen LogP contribution in [0.5, 0.6) is 0 Å². The summed E-state index contributed by atoms with van der Waals surface area (Å²) in [6.45, 7) is 5.93. The summed E-state index contributed by atoms with van der Waals surface area (Å²) in [7, 11) is 0. The van der Waals surface area contributed by atoms with Crippen molar-refractivity contribution in [1.29, 1.82) is 0 Å². The van der Waals surface area contributed by atoms with Crippen molar-refractivity contribution in [2.24, 2.45) is 5.92 Å². The van der Waals surface area contributed by atoms with Gasteiger partial charge in [-0.1, -0.05) is 6.42 Å². The Morgan fingerprint density at radius 1 is 1.25 bits per heavy atom. The van der Waals surface area contributed by atoms with Crippen LogP contribution in [0.2, 0.25) is 5.28 Å². The highest BCUT2D eigenvalue weighted by Gasteiger charge is 2.27. The Hall–Kier alpha value is -1.14. The van der Waals surface area contributed by atoms with Crippen LogP contribution in [0.25, 0.3) is 0 Å². The van der Waals surface area contributed by atoms with Crippen molar-refractivity contribution < 1.29 is 5.11 Å². The molecule has 0 aromatic carbocycles. The van der Waals surface area contributed by atoms with E-state index in [1.165, 1.54) is 0 Å². The quantitative estimate of drug-likeness (QED) is 0.836. The molecule has 112 valence electrons. The van der Waals surface area contributed by atoms with Gasteiger partial charge in [-0.3, -0.25) is 0 Å². The number of aliphatic hydroxyl groups is 1. The van der Waals surface area contributed by atoms with Crippen LogP contribution in [0.4, 0.5) is 11.9 Å². The lowest BCUT2D eigenvalue weighted by molar-refractivity contribution is 0.222.